The van der Waals surface area contributed by atoms with Crippen LogP contribution in [0.3, 0.4) is 0 Å². The van der Waals surface area contributed by atoms with Crippen molar-refractivity contribution in [2.45, 2.75) is 50.2 Å². The number of nitrogens with one attached hydrogen (secondary N) is 1. The molecule has 0 aromatic heterocycles. The minimum Gasteiger partial charge on any atom is -0.454 e. The van der Waals surface area contributed by atoms with Gasteiger partial charge >= 0.3 is 0 Å². The Kier molecular flexibility index (Phi) is 4.11. The first-order valence-corrected chi connectivity index (χ1v) is 10.4. The Morgan fingerprint density at radius 2 is 1.88 bits per heavy atom. The highest BCUT2D eigenvalue weighted by Crippen LogP contribution is 2.37. The highest BCUT2D eigenvalue weighted by molar-refractivity contribution is 7.88. The van der Waals surface area contributed by atoms with Gasteiger partial charge in [0.1, 0.15) is 0 Å². The third kappa shape index (κ3) is 3.32. The molecule has 7 nitrogen and oxygen atoms in total. The van der Waals surface area contributed by atoms with E-state index in [4.69, 9.17) is 9.47 Å². The molecule has 1 amide bonds. The van der Waals surface area contributed by atoms with Gasteiger partial charge < -0.3 is 14.8 Å². The lowest BCUT2D eigenvalue weighted by molar-refractivity contribution is -0.121. The van der Waals surface area contributed by atoms with E-state index >= 15 is 0 Å². The van der Waals surface area contributed by atoms with Crippen LogP contribution >= 0.6 is 0 Å². The molecular weight excluding hydrogens is 344 g/mol. The monoisotopic (exact) mass is 366 g/mol. The summed E-state index contributed by atoms with van der Waals surface area (Å²) in [5.41, 5.74) is 0.873. The van der Waals surface area contributed by atoms with Crippen LogP contribution in [-0.4, -0.2) is 49.8 Å². The molecule has 0 aliphatic carbocycles. The number of ether oxygens (including phenoxy) is 2. The van der Waals surface area contributed by atoms with Crippen molar-refractivity contribution in [3.8, 4) is 11.5 Å². The number of hydrogen-bond donors (Lipinski definition) is 1. The highest BCUT2D eigenvalue weighted by atomic mass is 32.2. The quantitative estimate of drug-likeness (QED) is 0.860. The van der Waals surface area contributed by atoms with Crippen LogP contribution in [0.15, 0.2) is 18.2 Å². The number of sulfonamides is 1. The topological polar surface area (TPSA) is 84.9 Å². The second-order valence-corrected chi connectivity index (χ2v) is 8.97. The second-order valence-electron chi connectivity index (χ2n) is 7.08. The van der Waals surface area contributed by atoms with Crippen molar-refractivity contribution in [1.29, 1.82) is 0 Å². The van der Waals surface area contributed by atoms with E-state index in [2.05, 4.69) is 5.32 Å². The second kappa shape index (κ2) is 6.17. The van der Waals surface area contributed by atoms with E-state index in [1.807, 2.05) is 18.2 Å². The van der Waals surface area contributed by atoms with E-state index in [0.29, 0.717) is 24.3 Å². The van der Waals surface area contributed by atoms with E-state index < -0.39 is 10.0 Å². The molecule has 1 aromatic carbocycles. The molecule has 136 valence electrons. The Balaban J connectivity index is 1.36. The zero-order valence-electron chi connectivity index (χ0n) is 14.1. The molecule has 25 heavy (non-hydrogen) atoms. The van der Waals surface area contributed by atoms with Crippen molar-refractivity contribution < 1.29 is 22.7 Å². The largest absolute Gasteiger partial charge is 0.454 e. The van der Waals surface area contributed by atoms with Gasteiger partial charge in [0.05, 0.1) is 12.7 Å². The number of hydrogen-bond acceptors (Lipinski definition) is 5. The van der Waals surface area contributed by atoms with Gasteiger partial charge in [-0.3, -0.25) is 4.79 Å². The summed E-state index contributed by atoms with van der Waals surface area (Å²) in [5, 5.41) is 3.08. The summed E-state index contributed by atoms with van der Waals surface area (Å²) < 4.78 is 36.1. The summed E-state index contributed by atoms with van der Waals surface area (Å²) in [5.74, 6) is 1.33. The van der Waals surface area contributed by atoms with Gasteiger partial charge in [-0.15, -0.1) is 0 Å². The minimum absolute atomic E-state index is 0.0181. The lowest BCUT2D eigenvalue weighted by Gasteiger charge is -2.37. The van der Waals surface area contributed by atoms with Gasteiger partial charge in [0.25, 0.3) is 0 Å². The normalized spacial score (nSPS) is 28.1. The van der Waals surface area contributed by atoms with Gasteiger partial charge in [-0.1, -0.05) is 6.07 Å². The van der Waals surface area contributed by atoms with Crippen molar-refractivity contribution in [2.75, 3.05) is 13.0 Å². The third-order valence-corrected chi connectivity index (χ3v) is 6.58. The van der Waals surface area contributed by atoms with Crippen molar-refractivity contribution >= 4 is 15.9 Å². The maximum atomic E-state index is 12.4. The molecular formula is C17H22N2O5S. The number of amides is 1. The predicted molar refractivity (Wildman–Crippen MR) is 90.9 cm³/mol. The average molecular weight is 366 g/mol. The van der Waals surface area contributed by atoms with Crippen LogP contribution < -0.4 is 14.8 Å². The first kappa shape index (κ1) is 16.7. The Morgan fingerprint density at radius 3 is 2.56 bits per heavy atom. The molecule has 2 bridgehead atoms. The van der Waals surface area contributed by atoms with Crippen LogP contribution in [0.2, 0.25) is 0 Å². The molecule has 3 aliphatic rings. The Bertz CT molecular complexity index is 780. The summed E-state index contributed by atoms with van der Waals surface area (Å²) in [6.45, 7) is 0.215. The Labute approximate surface area is 147 Å². The maximum absolute atomic E-state index is 12.4. The lowest BCUT2D eigenvalue weighted by Crippen LogP contribution is -2.52. The lowest BCUT2D eigenvalue weighted by atomic mass is 9.99. The van der Waals surface area contributed by atoms with Crippen molar-refractivity contribution in [1.82, 2.24) is 9.62 Å². The minimum atomic E-state index is -3.17. The molecule has 8 heteroatoms. The fourth-order valence-electron chi connectivity index (χ4n) is 4.31. The third-order valence-electron chi connectivity index (χ3n) is 5.22. The first-order chi connectivity index (χ1) is 11.9. The maximum Gasteiger partial charge on any atom is 0.231 e. The molecule has 2 fully saturated rings. The number of benzene rings is 1. The summed E-state index contributed by atoms with van der Waals surface area (Å²) in [4.78, 5) is 12.4. The smallest absolute Gasteiger partial charge is 0.231 e. The van der Waals surface area contributed by atoms with Gasteiger partial charge in [-0.2, -0.15) is 4.31 Å². The van der Waals surface area contributed by atoms with Crippen molar-refractivity contribution in [3.05, 3.63) is 23.8 Å². The molecule has 0 radical (unpaired) electrons. The standard InChI is InChI=1S/C17H22N2O5S/c1-25(21,22)19-13-3-4-14(19)9-12(8-13)18-17(20)7-11-2-5-15-16(6-11)24-10-23-15/h2,5-6,12-14H,3-4,7-10H2,1H3,(H,18,20)/t13-,14-/m0/s1. The van der Waals surface area contributed by atoms with E-state index in [-0.39, 0.29) is 37.2 Å². The predicted octanol–water partition coefficient (Wildman–Crippen LogP) is 1.03. The molecule has 1 aromatic rings. The number of carbonyl (C=O) groups excluding carboxylic acids is 1. The van der Waals surface area contributed by atoms with Crippen LogP contribution in [0.25, 0.3) is 0 Å². The number of rotatable bonds is 4. The molecule has 2 saturated heterocycles. The molecule has 4 rings (SSSR count). The van der Waals surface area contributed by atoms with Gasteiger partial charge in [-0.05, 0) is 43.4 Å². The number of nitrogens with zero attached hydrogens (tertiary/aromatic N) is 1. The number of piperidine rings is 1. The van der Waals surface area contributed by atoms with Crippen LogP contribution in [0, 0.1) is 0 Å². The Hall–Kier alpha value is -1.80. The fraction of sp³-hybridized carbons (Fsp3) is 0.588. The fourth-order valence-corrected chi connectivity index (χ4v) is 5.77. The molecule has 0 spiro atoms. The van der Waals surface area contributed by atoms with Crippen LogP contribution in [0.1, 0.15) is 31.2 Å². The molecule has 0 saturated carbocycles. The van der Waals surface area contributed by atoms with E-state index in [1.54, 1.807) is 4.31 Å². The molecule has 0 unspecified atom stereocenters. The zero-order chi connectivity index (χ0) is 17.6. The number of fused-ring (bicyclic) bond motifs is 3. The number of carbonyl (C=O) groups is 1. The SMILES string of the molecule is CS(=O)(=O)N1[C@H]2CC[C@H]1CC(NC(=O)Cc1ccc3c(c1)OCO3)C2. The van der Waals surface area contributed by atoms with Gasteiger partial charge in [0, 0.05) is 18.1 Å². The molecule has 2 atom stereocenters. The average Bonchev–Trinajstić information content (AvgIpc) is 3.09. The van der Waals surface area contributed by atoms with Gasteiger partial charge in [0.2, 0.25) is 22.7 Å². The van der Waals surface area contributed by atoms with E-state index in [9.17, 15) is 13.2 Å². The van der Waals surface area contributed by atoms with Gasteiger partial charge in [0.15, 0.2) is 11.5 Å². The van der Waals surface area contributed by atoms with Crippen molar-refractivity contribution in [2.24, 2.45) is 0 Å². The molecule has 3 heterocycles. The van der Waals surface area contributed by atoms with E-state index in [1.165, 1.54) is 6.26 Å². The summed E-state index contributed by atoms with van der Waals surface area (Å²) >= 11 is 0. The molecule has 1 N–H and O–H groups in total. The van der Waals surface area contributed by atoms with Gasteiger partial charge in [-0.25, -0.2) is 8.42 Å². The Morgan fingerprint density at radius 1 is 1.20 bits per heavy atom. The summed E-state index contributed by atoms with van der Waals surface area (Å²) in [7, 11) is -3.17. The zero-order valence-corrected chi connectivity index (χ0v) is 14.9. The summed E-state index contributed by atoms with van der Waals surface area (Å²) in [6, 6.07) is 5.59. The summed E-state index contributed by atoms with van der Waals surface area (Å²) in [6.07, 6.45) is 4.70. The first-order valence-electron chi connectivity index (χ1n) is 8.56. The highest BCUT2D eigenvalue weighted by Gasteiger charge is 2.45. The van der Waals surface area contributed by atoms with Crippen molar-refractivity contribution in [3.63, 3.8) is 0 Å². The van der Waals surface area contributed by atoms with Crippen LogP contribution in [0.5, 0.6) is 11.5 Å². The van der Waals surface area contributed by atoms with Crippen LogP contribution in [-0.2, 0) is 21.2 Å². The van der Waals surface area contributed by atoms with E-state index in [0.717, 1.165) is 18.4 Å². The van der Waals surface area contributed by atoms with Crippen LogP contribution in [0.4, 0.5) is 0 Å². The molecule has 3 aliphatic heterocycles.